The van der Waals surface area contributed by atoms with Gasteiger partial charge in [-0.25, -0.2) is 0 Å². The van der Waals surface area contributed by atoms with Crippen LogP contribution < -0.4 is 15.9 Å². The first-order chi connectivity index (χ1) is 13.4. The van der Waals surface area contributed by atoms with Gasteiger partial charge < -0.3 is 25.3 Å². The fourth-order valence-corrected chi connectivity index (χ4v) is 4.51. The topological polar surface area (TPSA) is 123 Å². The smallest absolute Gasteiger partial charge is 0.320 e. The standard InChI is InChI=1S/C20H28N4O4/c1-11-4-2-3-5-16(11)28-20-22-18(21)17-13(25)6-7-24(19(17)23-20)10-12-8-14(26)15(27)9-12/h6-7,11-12,14-16,26-27H,2-5,8-10H2,1H3,(H2,21,22,23)/t11-,12?,14-,15+,16+/m0/s1. The van der Waals surface area contributed by atoms with Crippen LogP contribution in [0.2, 0.25) is 0 Å². The summed E-state index contributed by atoms with van der Waals surface area (Å²) in [6.45, 7) is 2.70. The molecule has 8 nitrogen and oxygen atoms in total. The molecule has 2 aromatic rings. The minimum atomic E-state index is -0.706. The van der Waals surface area contributed by atoms with Gasteiger partial charge >= 0.3 is 6.01 Å². The first-order valence-corrected chi connectivity index (χ1v) is 10.1. The molecule has 0 spiro atoms. The van der Waals surface area contributed by atoms with Gasteiger partial charge in [-0.1, -0.05) is 13.3 Å². The number of ether oxygens (including phenoxy) is 1. The average molecular weight is 388 g/mol. The maximum Gasteiger partial charge on any atom is 0.320 e. The van der Waals surface area contributed by atoms with Crippen molar-refractivity contribution in [2.45, 2.75) is 70.3 Å². The van der Waals surface area contributed by atoms with Crippen LogP contribution in [-0.2, 0) is 6.54 Å². The fraction of sp³-hybridized carbons (Fsp3) is 0.650. The van der Waals surface area contributed by atoms with Crippen LogP contribution in [0.1, 0.15) is 45.4 Å². The van der Waals surface area contributed by atoms with Gasteiger partial charge in [0.1, 0.15) is 17.3 Å². The number of nitrogen functional groups attached to an aromatic ring is 1. The van der Waals surface area contributed by atoms with E-state index in [-0.39, 0.29) is 34.7 Å². The summed E-state index contributed by atoms with van der Waals surface area (Å²) in [5, 5.41) is 19.9. The monoisotopic (exact) mass is 388 g/mol. The first-order valence-electron chi connectivity index (χ1n) is 10.1. The maximum atomic E-state index is 12.4. The van der Waals surface area contributed by atoms with Gasteiger partial charge in [0.2, 0.25) is 0 Å². The Bertz CT molecular complexity index is 905. The molecule has 0 aromatic carbocycles. The van der Waals surface area contributed by atoms with Crippen molar-refractivity contribution in [2.24, 2.45) is 11.8 Å². The predicted molar refractivity (Wildman–Crippen MR) is 105 cm³/mol. The van der Waals surface area contributed by atoms with E-state index in [1.165, 1.54) is 12.5 Å². The van der Waals surface area contributed by atoms with Crippen LogP contribution in [0.15, 0.2) is 17.1 Å². The molecule has 0 amide bonds. The van der Waals surface area contributed by atoms with E-state index in [9.17, 15) is 15.0 Å². The minimum absolute atomic E-state index is 0.0506. The van der Waals surface area contributed by atoms with Crippen LogP contribution in [0.3, 0.4) is 0 Å². The molecule has 2 aromatic heterocycles. The zero-order valence-corrected chi connectivity index (χ0v) is 16.1. The van der Waals surface area contributed by atoms with Crippen molar-refractivity contribution >= 4 is 16.9 Å². The fourth-order valence-electron chi connectivity index (χ4n) is 4.51. The lowest BCUT2D eigenvalue weighted by Gasteiger charge is -2.28. The summed E-state index contributed by atoms with van der Waals surface area (Å²) < 4.78 is 7.91. The molecule has 2 aliphatic carbocycles. The van der Waals surface area contributed by atoms with Crippen LogP contribution in [0, 0.1) is 11.8 Å². The van der Waals surface area contributed by atoms with Crippen molar-refractivity contribution in [2.75, 3.05) is 5.73 Å². The van der Waals surface area contributed by atoms with Gasteiger partial charge in [0.15, 0.2) is 11.1 Å². The highest BCUT2D eigenvalue weighted by atomic mass is 16.5. The Balaban J connectivity index is 1.67. The Morgan fingerprint density at radius 2 is 1.93 bits per heavy atom. The summed E-state index contributed by atoms with van der Waals surface area (Å²) in [6, 6.07) is 1.66. The Labute approximate surface area is 163 Å². The van der Waals surface area contributed by atoms with Gasteiger partial charge in [-0.15, -0.1) is 0 Å². The first kappa shape index (κ1) is 19.1. The van der Waals surface area contributed by atoms with Crippen LogP contribution >= 0.6 is 0 Å². The van der Waals surface area contributed by atoms with E-state index in [0.717, 1.165) is 19.3 Å². The summed E-state index contributed by atoms with van der Waals surface area (Å²) in [5.74, 6) is 0.637. The molecule has 2 saturated carbocycles. The number of hydrogen-bond donors (Lipinski definition) is 3. The third-order valence-electron chi connectivity index (χ3n) is 6.16. The van der Waals surface area contributed by atoms with Gasteiger partial charge in [0, 0.05) is 18.8 Å². The van der Waals surface area contributed by atoms with Gasteiger partial charge in [-0.3, -0.25) is 4.79 Å². The van der Waals surface area contributed by atoms with Crippen LogP contribution in [0.4, 0.5) is 5.82 Å². The second kappa shape index (κ2) is 7.67. The van der Waals surface area contributed by atoms with E-state index in [0.29, 0.717) is 31.0 Å². The number of anilines is 1. The van der Waals surface area contributed by atoms with E-state index in [1.54, 1.807) is 6.20 Å². The molecule has 28 heavy (non-hydrogen) atoms. The lowest BCUT2D eigenvalue weighted by atomic mass is 9.88. The number of aliphatic hydroxyl groups excluding tert-OH is 2. The average Bonchev–Trinajstić information content (AvgIpc) is 2.96. The second-order valence-corrected chi connectivity index (χ2v) is 8.31. The molecule has 0 bridgehead atoms. The molecule has 1 unspecified atom stereocenters. The van der Waals surface area contributed by atoms with Crippen LogP contribution in [0.5, 0.6) is 6.01 Å². The number of rotatable bonds is 4. The molecule has 0 radical (unpaired) electrons. The third kappa shape index (κ3) is 3.71. The zero-order valence-electron chi connectivity index (χ0n) is 16.1. The van der Waals surface area contributed by atoms with Gasteiger partial charge in [-0.05, 0) is 43.9 Å². The Kier molecular flexibility index (Phi) is 5.25. The number of nitrogens with zero attached hydrogens (tertiary/aromatic N) is 3. The molecule has 4 N–H and O–H groups in total. The molecule has 4 rings (SSSR count). The molecule has 152 valence electrons. The molecule has 2 aliphatic rings. The van der Waals surface area contributed by atoms with E-state index in [2.05, 4.69) is 16.9 Å². The number of pyridine rings is 1. The zero-order chi connectivity index (χ0) is 19.8. The van der Waals surface area contributed by atoms with Gasteiger partial charge in [0.05, 0.1) is 12.2 Å². The van der Waals surface area contributed by atoms with E-state index >= 15 is 0 Å². The van der Waals surface area contributed by atoms with E-state index in [1.807, 2.05) is 4.57 Å². The third-order valence-corrected chi connectivity index (χ3v) is 6.16. The summed E-state index contributed by atoms with van der Waals surface area (Å²) in [4.78, 5) is 21.1. The SMILES string of the molecule is C[C@H]1CCCC[C@H]1Oc1nc(N)c2c(=O)ccn(CC3C[C@@H](O)[C@@H](O)C3)c2n1. The molecule has 0 aliphatic heterocycles. The summed E-state index contributed by atoms with van der Waals surface area (Å²) >= 11 is 0. The van der Waals surface area contributed by atoms with Crippen molar-refractivity contribution in [1.29, 1.82) is 0 Å². The highest BCUT2D eigenvalue weighted by Gasteiger charge is 2.32. The van der Waals surface area contributed by atoms with E-state index in [4.69, 9.17) is 10.5 Å². The Morgan fingerprint density at radius 1 is 1.21 bits per heavy atom. The van der Waals surface area contributed by atoms with Gasteiger partial charge in [-0.2, -0.15) is 9.97 Å². The second-order valence-electron chi connectivity index (χ2n) is 8.31. The molecule has 2 heterocycles. The van der Waals surface area contributed by atoms with E-state index < -0.39 is 12.2 Å². The van der Waals surface area contributed by atoms with Gasteiger partial charge in [0.25, 0.3) is 0 Å². The number of hydrogen-bond acceptors (Lipinski definition) is 7. The van der Waals surface area contributed by atoms with Crippen molar-refractivity contribution in [3.63, 3.8) is 0 Å². The minimum Gasteiger partial charge on any atom is -0.460 e. The predicted octanol–water partition coefficient (Wildman–Crippen LogP) is 1.46. The van der Waals surface area contributed by atoms with Crippen molar-refractivity contribution in [3.05, 3.63) is 22.5 Å². The van der Waals surface area contributed by atoms with Crippen molar-refractivity contribution < 1.29 is 14.9 Å². The molecular weight excluding hydrogens is 360 g/mol. The van der Waals surface area contributed by atoms with Crippen molar-refractivity contribution in [1.82, 2.24) is 14.5 Å². The molecule has 8 heteroatoms. The summed E-state index contributed by atoms with van der Waals surface area (Å²) in [7, 11) is 0. The lowest BCUT2D eigenvalue weighted by Crippen LogP contribution is -2.29. The number of aromatic nitrogens is 3. The maximum absolute atomic E-state index is 12.4. The molecule has 5 atom stereocenters. The molecular formula is C20H28N4O4. The lowest BCUT2D eigenvalue weighted by molar-refractivity contribution is 0.0438. The molecule has 2 fully saturated rings. The summed E-state index contributed by atoms with van der Waals surface area (Å²) in [5.41, 5.74) is 6.30. The Hall–Kier alpha value is -2.19. The number of nitrogens with two attached hydrogens (primary N) is 1. The Morgan fingerprint density at radius 3 is 2.64 bits per heavy atom. The normalized spacial score (nSPS) is 30.6. The highest BCUT2D eigenvalue weighted by molar-refractivity contribution is 5.85. The van der Waals surface area contributed by atoms with Crippen LogP contribution in [-0.4, -0.2) is 43.1 Å². The van der Waals surface area contributed by atoms with Crippen molar-refractivity contribution in [3.8, 4) is 6.01 Å². The van der Waals surface area contributed by atoms with Crippen LogP contribution in [0.25, 0.3) is 11.0 Å². The highest BCUT2D eigenvalue weighted by Crippen LogP contribution is 2.30. The number of fused-ring (bicyclic) bond motifs is 1. The largest absolute Gasteiger partial charge is 0.460 e. The quantitative estimate of drug-likeness (QED) is 0.724. The molecule has 0 saturated heterocycles. The number of aliphatic hydroxyl groups is 2. The summed E-state index contributed by atoms with van der Waals surface area (Å²) in [6.07, 6.45) is 5.75.